The fraction of sp³-hybridized carbons (Fsp3) is 0.381. The van der Waals surface area contributed by atoms with Crippen molar-refractivity contribution in [2.45, 2.75) is 40.0 Å². The highest BCUT2D eigenvalue weighted by Crippen LogP contribution is 2.30. The molecule has 0 saturated heterocycles. The van der Waals surface area contributed by atoms with Crippen molar-refractivity contribution in [3.8, 4) is 23.1 Å². The molecule has 1 heterocycles. The fourth-order valence-corrected chi connectivity index (χ4v) is 2.70. The summed E-state index contributed by atoms with van der Waals surface area (Å²) in [7, 11) is 0. The van der Waals surface area contributed by atoms with Gasteiger partial charge in [0.15, 0.2) is 0 Å². The van der Waals surface area contributed by atoms with Crippen molar-refractivity contribution in [2.75, 3.05) is 6.61 Å². The second kappa shape index (κ2) is 8.48. The molecule has 0 atom stereocenters. The molecule has 1 aromatic carbocycles. The molecule has 2 rings (SSSR count). The van der Waals surface area contributed by atoms with Crippen molar-refractivity contribution in [2.24, 2.45) is 5.41 Å². The van der Waals surface area contributed by atoms with Gasteiger partial charge in [-0.1, -0.05) is 33.6 Å². The standard InChI is InChI=1S/C21H24N2O3/c1-4-5-10-21(2,3)14-26-18-9-8-15(12-16(18)13-22)19-17(20(24)25)7-6-11-23-19/h6-9,11-12H,4-5,10,14H2,1-3H3,(H,24,25). The van der Waals surface area contributed by atoms with Crippen LogP contribution in [-0.4, -0.2) is 22.7 Å². The van der Waals surface area contributed by atoms with E-state index in [9.17, 15) is 15.2 Å². The first-order valence-electron chi connectivity index (χ1n) is 8.73. The Morgan fingerprint density at radius 2 is 2.12 bits per heavy atom. The molecule has 0 spiro atoms. The van der Waals surface area contributed by atoms with Gasteiger partial charge < -0.3 is 9.84 Å². The fourth-order valence-electron chi connectivity index (χ4n) is 2.70. The van der Waals surface area contributed by atoms with Gasteiger partial charge in [0.25, 0.3) is 0 Å². The zero-order chi connectivity index (χ0) is 19.2. The van der Waals surface area contributed by atoms with Gasteiger partial charge in [0.2, 0.25) is 0 Å². The van der Waals surface area contributed by atoms with Gasteiger partial charge in [0.1, 0.15) is 11.8 Å². The second-order valence-electron chi connectivity index (χ2n) is 7.08. The molecule has 0 bridgehead atoms. The maximum absolute atomic E-state index is 11.4. The summed E-state index contributed by atoms with van der Waals surface area (Å²) in [6.07, 6.45) is 4.86. The molecule has 5 nitrogen and oxygen atoms in total. The van der Waals surface area contributed by atoms with E-state index in [0.29, 0.717) is 29.2 Å². The average Bonchev–Trinajstić information content (AvgIpc) is 2.64. The molecule has 0 unspecified atom stereocenters. The Hall–Kier alpha value is -2.87. The molecule has 1 N–H and O–H groups in total. The number of hydrogen-bond acceptors (Lipinski definition) is 4. The SMILES string of the molecule is CCCCC(C)(C)COc1ccc(-c2ncccc2C(=O)O)cc1C#N. The molecule has 1 aromatic heterocycles. The van der Waals surface area contributed by atoms with Crippen molar-refractivity contribution in [3.63, 3.8) is 0 Å². The molecule has 0 aliphatic heterocycles. The van der Waals surface area contributed by atoms with Crippen molar-refractivity contribution in [1.29, 1.82) is 5.26 Å². The third-order valence-corrected chi connectivity index (χ3v) is 4.24. The molecular formula is C21H24N2O3. The smallest absolute Gasteiger partial charge is 0.337 e. The quantitative estimate of drug-likeness (QED) is 0.729. The number of aromatic carboxylic acids is 1. The Morgan fingerprint density at radius 1 is 1.35 bits per heavy atom. The first-order chi connectivity index (χ1) is 12.4. The molecule has 26 heavy (non-hydrogen) atoms. The predicted octanol–water partition coefficient (Wildman–Crippen LogP) is 4.91. The van der Waals surface area contributed by atoms with Crippen LogP contribution in [0.3, 0.4) is 0 Å². The molecular weight excluding hydrogens is 328 g/mol. The molecule has 0 saturated carbocycles. The molecule has 136 valence electrons. The average molecular weight is 352 g/mol. The van der Waals surface area contributed by atoms with Crippen LogP contribution in [0.5, 0.6) is 5.75 Å². The summed E-state index contributed by atoms with van der Waals surface area (Å²) in [6, 6.07) is 10.3. The number of benzene rings is 1. The lowest BCUT2D eigenvalue weighted by Crippen LogP contribution is -2.21. The minimum Gasteiger partial charge on any atom is -0.492 e. The summed E-state index contributed by atoms with van der Waals surface area (Å²) < 4.78 is 5.90. The number of nitriles is 1. The van der Waals surface area contributed by atoms with E-state index in [2.05, 4.69) is 31.8 Å². The Morgan fingerprint density at radius 3 is 2.77 bits per heavy atom. The van der Waals surface area contributed by atoms with Crippen LogP contribution >= 0.6 is 0 Å². The van der Waals surface area contributed by atoms with Gasteiger partial charge in [-0.25, -0.2) is 4.79 Å². The van der Waals surface area contributed by atoms with Crippen LogP contribution in [0.15, 0.2) is 36.5 Å². The maximum atomic E-state index is 11.4. The number of pyridine rings is 1. The second-order valence-corrected chi connectivity index (χ2v) is 7.08. The van der Waals surface area contributed by atoms with Gasteiger partial charge in [-0.3, -0.25) is 4.98 Å². The number of carbonyl (C=O) groups is 1. The third-order valence-electron chi connectivity index (χ3n) is 4.24. The number of unbranched alkanes of at least 4 members (excludes halogenated alkanes) is 1. The Balaban J connectivity index is 2.26. The number of hydrogen-bond donors (Lipinski definition) is 1. The number of carboxylic acid groups (broad SMARTS) is 1. The van der Waals surface area contributed by atoms with Gasteiger partial charge in [-0.05, 0) is 42.2 Å². The lowest BCUT2D eigenvalue weighted by atomic mass is 9.88. The van der Waals surface area contributed by atoms with Crippen molar-refractivity contribution in [1.82, 2.24) is 4.98 Å². The zero-order valence-electron chi connectivity index (χ0n) is 15.5. The zero-order valence-corrected chi connectivity index (χ0v) is 15.5. The highest BCUT2D eigenvalue weighted by molar-refractivity contribution is 5.94. The van der Waals surface area contributed by atoms with E-state index in [-0.39, 0.29) is 11.0 Å². The van der Waals surface area contributed by atoms with E-state index in [1.54, 1.807) is 24.3 Å². The number of carboxylic acids is 1. The van der Waals surface area contributed by atoms with E-state index >= 15 is 0 Å². The summed E-state index contributed by atoms with van der Waals surface area (Å²) in [5, 5.41) is 18.8. The lowest BCUT2D eigenvalue weighted by Gasteiger charge is -2.25. The van der Waals surface area contributed by atoms with Crippen LogP contribution in [-0.2, 0) is 0 Å². The third kappa shape index (κ3) is 4.82. The topological polar surface area (TPSA) is 83.2 Å². The van der Waals surface area contributed by atoms with Crippen LogP contribution in [0.1, 0.15) is 56.0 Å². The molecule has 2 aromatic rings. The van der Waals surface area contributed by atoms with Crippen LogP contribution in [0.2, 0.25) is 0 Å². The molecule has 0 fully saturated rings. The van der Waals surface area contributed by atoms with Crippen molar-refractivity contribution >= 4 is 5.97 Å². The molecule has 0 radical (unpaired) electrons. The summed E-state index contributed by atoms with van der Waals surface area (Å²) in [6.45, 7) is 6.98. The van der Waals surface area contributed by atoms with Gasteiger partial charge >= 0.3 is 5.97 Å². The van der Waals surface area contributed by atoms with Crippen molar-refractivity contribution in [3.05, 3.63) is 47.7 Å². The minimum atomic E-state index is -1.05. The van der Waals surface area contributed by atoms with E-state index in [4.69, 9.17) is 4.74 Å². The predicted molar refractivity (Wildman–Crippen MR) is 100 cm³/mol. The number of rotatable bonds is 8. The van der Waals surface area contributed by atoms with Gasteiger partial charge in [0.05, 0.1) is 23.4 Å². The first-order valence-corrected chi connectivity index (χ1v) is 8.73. The summed E-state index contributed by atoms with van der Waals surface area (Å²) in [5.41, 5.74) is 1.42. The Bertz CT molecular complexity index is 822. The summed E-state index contributed by atoms with van der Waals surface area (Å²) in [5.74, 6) is -0.543. The molecule has 0 aliphatic carbocycles. The van der Waals surface area contributed by atoms with Crippen LogP contribution in [0.25, 0.3) is 11.3 Å². The van der Waals surface area contributed by atoms with E-state index in [1.165, 1.54) is 12.3 Å². The van der Waals surface area contributed by atoms with E-state index < -0.39 is 5.97 Å². The van der Waals surface area contributed by atoms with Gasteiger partial charge in [-0.15, -0.1) is 0 Å². The number of ether oxygens (including phenoxy) is 1. The van der Waals surface area contributed by atoms with Crippen LogP contribution in [0.4, 0.5) is 0 Å². The first kappa shape index (κ1) is 19.5. The van der Waals surface area contributed by atoms with Crippen molar-refractivity contribution < 1.29 is 14.6 Å². The molecule has 0 aliphatic rings. The Kier molecular flexibility index (Phi) is 6.35. The Labute approximate surface area is 154 Å². The summed E-state index contributed by atoms with van der Waals surface area (Å²) >= 11 is 0. The van der Waals surface area contributed by atoms with Gasteiger partial charge in [0, 0.05) is 11.8 Å². The minimum absolute atomic E-state index is 0.0267. The molecule has 5 heteroatoms. The number of aromatic nitrogens is 1. The maximum Gasteiger partial charge on any atom is 0.337 e. The largest absolute Gasteiger partial charge is 0.492 e. The lowest BCUT2D eigenvalue weighted by molar-refractivity contribution is 0.0697. The number of nitrogens with zero attached hydrogens (tertiary/aromatic N) is 2. The normalized spacial score (nSPS) is 11.0. The monoisotopic (exact) mass is 352 g/mol. The highest BCUT2D eigenvalue weighted by Gasteiger charge is 2.20. The molecule has 0 amide bonds. The van der Waals surface area contributed by atoms with Crippen LogP contribution < -0.4 is 4.74 Å². The highest BCUT2D eigenvalue weighted by atomic mass is 16.5. The van der Waals surface area contributed by atoms with Gasteiger partial charge in [-0.2, -0.15) is 5.26 Å². The van der Waals surface area contributed by atoms with E-state index in [1.807, 2.05) is 0 Å². The summed E-state index contributed by atoms with van der Waals surface area (Å²) in [4.78, 5) is 15.5. The van der Waals surface area contributed by atoms with Crippen LogP contribution in [0, 0.1) is 16.7 Å². The van der Waals surface area contributed by atoms with E-state index in [0.717, 1.165) is 19.3 Å².